The van der Waals surface area contributed by atoms with Gasteiger partial charge >= 0.3 is 0 Å². The number of piperidine rings is 1. The molecule has 7 nitrogen and oxygen atoms in total. The Balaban J connectivity index is 1.45. The Labute approximate surface area is 162 Å². The van der Waals surface area contributed by atoms with Gasteiger partial charge < -0.3 is 9.84 Å². The van der Waals surface area contributed by atoms with E-state index >= 15 is 0 Å². The number of nitrogens with zero attached hydrogens (tertiary/aromatic N) is 3. The summed E-state index contributed by atoms with van der Waals surface area (Å²) in [6, 6.07) is 10.7. The van der Waals surface area contributed by atoms with Gasteiger partial charge in [-0.15, -0.1) is 11.3 Å². The van der Waals surface area contributed by atoms with Gasteiger partial charge in [0.15, 0.2) is 0 Å². The SMILES string of the molecule is O=S(=O)(c1cccc(NCc2nc(-c3cccs3)no2)c1)N1CCCCC1. The van der Waals surface area contributed by atoms with Gasteiger partial charge in [0, 0.05) is 18.8 Å². The van der Waals surface area contributed by atoms with Crippen LogP contribution in [0.5, 0.6) is 0 Å². The predicted molar refractivity (Wildman–Crippen MR) is 104 cm³/mol. The standard InChI is InChI=1S/C18H20N4O3S2/c23-27(24,22-9-2-1-3-10-22)15-7-4-6-14(12-15)19-13-17-20-18(21-25-17)16-8-5-11-26-16/h4-8,11-12,19H,1-3,9-10,13H2. The summed E-state index contributed by atoms with van der Waals surface area (Å²) in [5.41, 5.74) is 0.698. The maximum absolute atomic E-state index is 12.8. The number of rotatable bonds is 6. The molecular weight excluding hydrogens is 384 g/mol. The van der Waals surface area contributed by atoms with Crippen LogP contribution in [0.15, 0.2) is 51.2 Å². The Morgan fingerprint density at radius 2 is 2.00 bits per heavy atom. The molecule has 0 spiro atoms. The maximum Gasteiger partial charge on any atom is 0.246 e. The molecule has 0 amide bonds. The summed E-state index contributed by atoms with van der Waals surface area (Å²) in [5, 5.41) is 9.09. The lowest BCUT2D eigenvalue weighted by atomic mass is 10.2. The third kappa shape index (κ3) is 4.05. The lowest BCUT2D eigenvalue weighted by molar-refractivity contribution is 0.346. The molecular formula is C18H20N4O3S2. The molecule has 1 N–H and O–H groups in total. The van der Waals surface area contributed by atoms with Gasteiger partial charge in [-0.2, -0.15) is 9.29 Å². The quantitative estimate of drug-likeness (QED) is 0.675. The second-order valence-electron chi connectivity index (χ2n) is 6.34. The molecule has 0 bridgehead atoms. The Kier molecular flexibility index (Phi) is 5.24. The third-order valence-electron chi connectivity index (χ3n) is 4.44. The second-order valence-corrected chi connectivity index (χ2v) is 9.22. The average Bonchev–Trinajstić information content (AvgIpc) is 3.39. The normalized spacial score (nSPS) is 15.7. The lowest BCUT2D eigenvalue weighted by Gasteiger charge is -2.26. The lowest BCUT2D eigenvalue weighted by Crippen LogP contribution is -2.35. The minimum Gasteiger partial charge on any atom is -0.376 e. The summed E-state index contributed by atoms with van der Waals surface area (Å²) in [6.45, 7) is 1.51. The summed E-state index contributed by atoms with van der Waals surface area (Å²) in [5.74, 6) is 1.01. The molecule has 0 atom stereocenters. The van der Waals surface area contributed by atoms with Crippen molar-refractivity contribution >= 4 is 27.0 Å². The summed E-state index contributed by atoms with van der Waals surface area (Å²) < 4.78 is 32.4. The molecule has 9 heteroatoms. The summed E-state index contributed by atoms with van der Waals surface area (Å²) in [6.07, 6.45) is 2.92. The molecule has 142 valence electrons. The number of hydrogen-bond acceptors (Lipinski definition) is 7. The first-order chi connectivity index (χ1) is 13.1. The number of sulfonamides is 1. The van der Waals surface area contributed by atoms with Crippen LogP contribution in [-0.4, -0.2) is 36.0 Å². The average molecular weight is 405 g/mol. The molecule has 1 saturated heterocycles. The third-order valence-corrected chi connectivity index (χ3v) is 7.20. The number of benzene rings is 1. The smallest absolute Gasteiger partial charge is 0.246 e. The fraction of sp³-hybridized carbons (Fsp3) is 0.333. The van der Waals surface area contributed by atoms with Gasteiger partial charge in [0.1, 0.15) is 0 Å². The topological polar surface area (TPSA) is 88.3 Å². The van der Waals surface area contributed by atoms with Crippen molar-refractivity contribution in [3.05, 3.63) is 47.7 Å². The fourth-order valence-electron chi connectivity index (χ4n) is 3.03. The number of hydrogen-bond donors (Lipinski definition) is 1. The van der Waals surface area contributed by atoms with E-state index in [9.17, 15) is 8.42 Å². The van der Waals surface area contributed by atoms with Crippen molar-refractivity contribution in [2.24, 2.45) is 0 Å². The van der Waals surface area contributed by atoms with Crippen molar-refractivity contribution in [1.82, 2.24) is 14.4 Å². The molecule has 0 aliphatic carbocycles. The van der Waals surface area contributed by atoms with Gasteiger partial charge in [-0.1, -0.05) is 23.7 Å². The van der Waals surface area contributed by atoms with Gasteiger partial charge in [-0.25, -0.2) is 8.42 Å². The van der Waals surface area contributed by atoms with Crippen molar-refractivity contribution in [3.8, 4) is 10.7 Å². The largest absolute Gasteiger partial charge is 0.376 e. The first-order valence-electron chi connectivity index (χ1n) is 8.83. The van der Waals surface area contributed by atoms with E-state index in [1.807, 2.05) is 23.6 Å². The van der Waals surface area contributed by atoms with Crippen molar-refractivity contribution in [2.75, 3.05) is 18.4 Å². The van der Waals surface area contributed by atoms with Crippen LogP contribution in [0.2, 0.25) is 0 Å². The van der Waals surface area contributed by atoms with Crippen LogP contribution in [0, 0.1) is 0 Å². The zero-order valence-electron chi connectivity index (χ0n) is 14.7. The van der Waals surface area contributed by atoms with Crippen LogP contribution in [0.25, 0.3) is 10.7 Å². The first-order valence-corrected chi connectivity index (χ1v) is 11.2. The number of thiophene rings is 1. The van der Waals surface area contributed by atoms with E-state index in [-0.39, 0.29) is 0 Å². The van der Waals surface area contributed by atoms with Gasteiger partial charge in [0.05, 0.1) is 16.3 Å². The highest BCUT2D eigenvalue weighted by Gasteiger charge is 2.26. The molecule has 4 rings (SSSR count). The van der Waals surface area contributed by atoms with Crippen LogP contribution in [0.1, 0.15) is 25.2 Å². The van der Waals surface area contributed by atoms with Gasteiger partial charge in [-0.3, -0.25) is 0 Å². The molecule has 1 aliphatic rings. The molecule has 0 radical (unpaired) electrons. The van der Waals surface area contributed by atoms with Gasteiger partial charge in [0.25, 0.3) is 0 Å². The van der Waals surface area contributed by atoms with E-state index in [1.165, 1.54) is 0 Å². The minimum absolute atomic E-state index is 0.305. The second kappa shape index (κ2) is 7.79. The van der Waals surface area contributed by atoms with Crippen molar-refractivity contribution < 1.29 is 12.9 Å². The highest BCUT2D eigenvalue weighted by atomic mass is 32.2. The molecule has 1 aromatic carbocycles. The first kappa shape index (κ1) is 18.1. The molecule has 27 heavy (non-hydrogen) atoms. The summed E-state index contributed by atoms with van der Waals surface area (Å²) >= 11 is 1.55. The summed E-state index contributed by atoms with van der Waals surface area (Å²) in [4.78, 5) is 5.60. The van der Waals surface area contributed by atoms with Crippen LogP contribution in [-0.2, 0) is 16.6 Å². The minimum atomic E-state index is -3.45. The summed E-state index contributed by atoms with van der Waals surface area (Å²) in [7, 11) is -3.45. The maximum atomic E-state index is 12.8. The van der Waals surface area contributed by atoms with Crippen LogP contribution in [0.4, 0.5) is 5.69 Å². The van der Waals surface area contributed by atoms with E-state index in [0.717, 1.165) is 24.1 Å². The van der Waals surface area contributed by atoms with Crippen molar-refractivity contribution in [2.45, 2.75) is 30.7 Å². The van der Waals surface area contributed by atoms with E-state index in [4.69, 9.17) is 4.52 Å². The van der Waals surface area contributed by atoms with E-state index in [2.05, 4.69) is 15.5 Å². The van der Waals surface area contributed by atoms with Crippen molar-refractivity contribution in [1.29, 1.82) is 0 Å². The molecule has 0 unspecified atom stereocenters. The zero-order chi connectivity index (χ0) is 18.7. The molecule has 3 heterocycles. The molecule has 0 saturated carbocycles. The molecule has 1 aliphatic heterocycles. The Morgan fingerprint density at radius 1 is 1.15 bits per heavy atom. The monoisotopic (exact) mass is 404 g/mol. The van der Waals surface area contributed by atoms with Crippen molar-refractivity contribution in [3.63, 3.8) is 0 Å². The predicted octanol–water partition coefficient (Wildman–Crippen LogP) is 3.58. The van der Waals surface area contributed by atoms with E-state index in [0.29, 0.717) is 41.9 Å². The Hall–Kier alpha value is -2.23. The number of anilines is 1. The van der Waals surface area contributed by atoms with Gasteiger partial charge in [0.2, 0.25) is 21.7 Å². The Bertz CT molecular complexity index is 993. The molecule has 3 aromatic rings. The van der Waals surface area contributed by atoms with E-state index < -0.39 is 10.0 Å². The highest BCUT2D eigenvalue weighted by molar-refractivity contribution is 7.89. The van der Waals surface area contributed by atoms with Crippen LogP contribution >= 0.6 is 11.3 Å². The van der Waals surface area contributed by atoms with Gasteiger partial charge in [-0.05, 0) is 42.5 Å². The fourth-order valence-corrected chi connectivity index (χ4v) is 5.24. The molecule has 2 aromatic heterocycles. The van der Waals surface area contributed by atoms with Crippen LogP contribution in [0.3, 0.4) is 0 Å². The zero-order valence-corrected chi connectivity index (χ0v) is 16.3. The number of aromatic nitrogens is 2. The van der Waals surface area contributed by atoms with Crippen LogP contribution < -0.4 is 5.32 Å². The Morgan fingerprint density at radius 3 is 2.78 bits per heavy atom. The molecule has 1 fully saturated rings. The highest BCUT2D eigenvalue weighted by Crippen LogP contribution is 2.24. The van der Waals surface area contributed by atoms with E-state index in [1.54, 1.807) is 33.8 Å². The number of nitrogens with one attached hydrogen (secondary N) is 1.